The van der Waals surface area contributed by atoms with Crippen LogP contribution in [0, 0.1) is 0 Å². The number of halogens is 2. The summed E-state index contributed by atoms with van der Waals surface area (Å²) in [6.45, 7) is 0.00964. The minimum absolute atomic E-state index is 0.00964. The van der Waals surface area contributed by atoms with Gasteiger partial charge in [0.1, 0.15) is 11.5 Å². The molecule has 32 heavy (non-hydrogen) atoms. The summed E-state index contributed by atoms with van der Waals surface area (Å²) in [6, 6.07) is 9.64. The SMILES string of the molecule is CN(CC(=O)Nc1ccc2c(c1)OC(F)(F)O2)c1nc(-c2ccccn2)nc2c1CCC2. The lowest BCUT2D eigenvalue weighted by molar-refractivity contribution is -0.286. The van der Waals surface area contributed by atoms with Gasteiger partial charge in [0.15, 0.2) is 17.3 Å². The molecular weight excluding hydrogens is 420 g/mol. The predicted molar refractivity (Wildman–Crippen MR) is 112 cm³/mol. The number of fused-ring (bicyclic) bond motifs is 2. The molecule has 3 aromatic rings. The third kappa shape index (κ3) is 3.91. The Morgan fingerprint density at radius 3 is 2.81 bits per heavy atom. The Morgan fingerprint density at radius 1 is 1.16 bits per heavy atom. The van der Waals surface area contributed by atoms with Crippen LogP contribution >= 0.6 is 0 Å². The van der Waals surface area contributed by atoms with Crippen LogP contribution in [-0.2, 0) is 17.6 Å². The number of amides is 1. The average molecular weight is 439 g/mol. The fraction of sp³-hybridized carbons (Fsp3) is 0.273. The summed E-state index contributed by atoms with van der Waals surface area (Å²) in [5, 5.41) is 2.70. The van der Waals surface area contributed by atoms with Crippen LogP contribution < -0.4 is 19.7 Å². The van der Waals surface area contributed by atoms with Gasteiger partial charge in [-0.25, -0.2) is 9.97 Å². The average Bonchev–Trinajstić information content (AvgIpc) is 3.35. The van der Waals surface area contributed by atoms with Crippen molar-refractivity contribution in [2.24, 2.45) is 0 Å². The van der Waals surface area contributed by atoms with Gasteiger partial charge in [-0.05, 0) is 43.5 Å². The van der Waals surface area contributed by atoms with E-state index in [-0.39, 0.29) is 24.0 Å². The van der Waals surface area contributed by atoms with E-state index in [1.807, 2.05) is 18.2 Å². The van der Waals surface area contributed by atoms with Crippen LogP contribution in [0.1, 0.15) is 17.7 Å². The molecule has 1 aromatic carbocycles. The fourth-order valence-corrected chi connectivity index (χ4v) is 3.86. The second kappa shape index (κ2) is 7.70. The number of hydrogen-bond acceptors (Lipinski definition) is 7. The van der Waals surface area contributed by atoms with Gasteiger partial charge in [-0.3, -0.25) is 9.78 Å². The zero-order valence-corrected chi connectivity index (χ0v) is 17.1. The van der Waals surface area contributed by atoms with Gasteiger partial charge in [0.25, 0.3) is 0 Å². The standard InChI is InChI=1S/C22H19F2N5O3/c1-29(12-19(30)26-13-8-9-17-18(11-13)32-22(23,24)31-17)21-14-5-4-7-15(14)27-20(28-21)16-6-2-3-10-25-16/h2-3,6,8-11H,4-5,7,12H2,1H3,(H,26,30). The maximum Gasteiger partial charge on any atom is 0.586 e. The summed E-state index contributed by atoms with van der Waals surface area (Å²) in [5.74, 6) is 0.667. The minimum Gasteiger partial charge on any atom is -0.395 e. The number of nitrogens with zero attached hydrogens (tertiary/aromatic N) is 4. The molecule has 0 radical (unpaired) electrons. The molecule has 0 bridgehead atoms. The second-order valence-corrected chi connectivity index (χ2v) is 7.60. The van der Waals surface area contributed by atoms with Crippen molar-refractivity contribution >= 4 is 17.4 Å². The highest BCUT2D eigenvalue weighted by atomic mass is 19.3. The lowest BCUT2D eigenvalue weighted by atomic mass is 10.2. The largest absolute Gasteiger partial charge is 0.586 e. The first-order valence-electron chi connectivity index (χ1n) is 10.1. The summed E-state index contributed by atoms with van der Waals surface area (Å²) >= 11 is 0. The zero-order chi connectivity index (χ0) is 22.3. The number of likely N-dealkylation sites (N-methyl/N-ethyl adjacent to an activating group) is 1. The molecule has 1 aliphatic heterocycles. The number of alkyl halides is 2. The molecule has 10 heteroatoms. The molecule has 0 unspecified atom stereocenters. The number of pyridine rings is 1. The number of carbonyl (C=O) groups excluding carboxylic acids is 1. The topological polar surface area (TPSA) is 89.5 Å². The number of hydrogen-bond donors (Lipinski definition) is 1. The van der Waals surface area contributed by atoms with Gasteiger partial charge in [0.05, 0.1) is 6.54 Å². The highest BCUT2D eigenvalue weighted by molar-refractivity contribution is 5.94. The summed E-state index contributed by atoms with van der Waals surface area (Å²) in [6.07, 6.45) is 0.653. The third-order valence-corrected chi connectivity index (χ3v) is 5.23. The Kier molecular flexibility index (Phi) is 4.84. The number of rotatable bonds is 5. The number of carbonyl (C=O) groups is 1. The number of aromatic nitrogens is 3. The van der Waals surface area contributed by atoms with Gasteiger partial charge >= 0.3 is 6.29 Å². The summed E-state index contributed by atoms with van der Waals surface area (Å²) in [7, 11) is 1.78. The molecule has 1 amide bonds. The molecule has 0 atom stereocenters. The van der Waals surface area contributed by atoms with Crippen molar-refractivity contribution in [2.75, 3.05) is 23.8 Å². The van der Waals surface area contributed by atoms with Crippen molar-refractivity contribution in [3.63, 3.8) is 0 Å². The molecular formula is C22H19F2N5O3. The Morgan fingerprint density at radius 2 is 2.00 bits per heavy atom. The van der Waals surface area contributed by atoms with Gasteiger partial charge < -0.3 is 19.7 Å². The van der Waals surface area contributed by atoms with Crippen molar-refractivity contribution in [1.29, 1.82) is 0 Å². The molecule has 2 aromatic heterocycles. The zero-order valence-electron chi connectivity index (χ0n) is 17.1. The maximum atomic E-state index is 13.2. The Bertz CT molecular complexity index is 1190. The molecule has 3 heterocycles. The molecule has 1 N–H and O–H groups in total. The van der Waals surface area contributed by atoms with Crippen LogP contribution in [0.25, 0.3) is 11.5 Å². The number of benzene rings is 1. The smallest absolute Gasteiger partial charge is 0.395 e. The normalized spacial score (nSPS) is 15.3. The van der Waals surface area contributed by atoms with E-state index < -0.39 is 6.29 Å². The van der Waals surface area contributed by atoms with E-state index in [4.69, 9.17) is 4.98 Å². The molecule has 8 nitrogen and oxygen atoms in total. The number of nitrogens with one attached hydrogen (secondary N) is 1. The summed E-state index contributed by atoms with van der Waals surface area (Å²) in [4.78, 5) is 28.1. The fourth-order valence-electron chi connectivity index (χ4n) is 3.86. The van der Waals surface area contributed by atoms with Gasteiger partial charge in [-0.2, -0.15) is 0 Å². The van der Waals surface area contributed by atoms with Gasteiger partial charge in [-0.15, -0.1) is 8.78 Å². The van der Waals surface area contributed by atoms with Crippen LogP contribution in [0.4, 0.5) is 20.3 Å². The number of anilines is 2. The maximum absolute atomic E-state index is 13.2. The predicted octanol–water partition coefficient (Wildman–Crippen LogP) is 3.42. The molecule has 0 fully saturated rings. The van der Waals surface area contributed by atoms with E-state index in [1.165, 1.54) is 18.2 Å². The van der Waals surface area contributed by atoms with Gasteiger partial charge in [0.2, 0.25) is 5.91 Å². The lowest BCUT2D eigenvalue weighted by Gasteiger charge is -2.21. The highest BCUT2D eigenvalue weighted by Crippen LogP contribution is 2.42. The van der Waals surface area contributed by atoms with Crippen molar-refractivity contribution in [2.45, 2.75) is 25.6 Å². The number of aryl methyl sites for hydroxylation is 1. The van der Waals surface area contributed by atoms with E-state index in [1.54, 1.807) is 18.1 Å². The van der Waals surface area contributed by atoms with Crippen molar-refractivity contribution in [3.8, 4) is 23.0 Å². The molecule has 0 saturated heterocycles. The van der Waals surface area contributed by atoms with E-state index in [0.29, 0.717) is 23.0 Å². The number of ether oxygens (including phenoxy) is 2. The Balaban J connectivity index is 1.34. The quantitative estimate of drug-likeness (QED) is 0.652. The Labute approximate surface area is 182 Å². The van der Waals surface area contributed by atoms with Crippen LogP contribution in [0.5, 0.6) is 11.5 Å². The molecule has 2 aliphatic rings. The molecule has 0 saturated carbocycles. The highest BCUT2D eigenvalue weighted by Gasteiger charge is 2.43. The van der Waals surface area contributed by atoms with Crippen LogP contribution in [0.3, 0.4) is 0 Å². The Hall–Kier alpha value is -3.82. The molecule has 5 rings (SSSR count). The van der Waals surface area contributed by atoms with Crippen molar-refractivity contribution in [3.05, 3.63) is 53.9 Å². The first-order valence-corrected chi connectivity index (χ1v) is 10.1. The summed E-state index contributed by atoms with van der Waals surface area (Å²) < 4.78 is 35.2. The van der Waals surface area contributed by atoms with Crippen molar-refractivity contribution < 1.29 is 23.0 Å². The minimum atomic E-state index is -3.70. The van der Waals surface area contributed by atoms with Crippen LogP contribution in [-0.4, -0.2) is 40.7 Å². The van der Waals surface area contributed by atoms with E-state index >= 15 is 0 Å². The first-order chi connectivity index (χ1) is 15.4. The van der Waals surface area contributed by atoms with Crippen molar-refractivity contribution in [1.82, 2.24) is 15.0 Å². The lowest BCUT2D eigenvalue weighted by Crippen LogP contribution is -2.31. The molecule has 1 aliphatic carbocycles. The van der Waals surface area contributed by atoms with E-state index in [9.17, 15) is 13.6 Å². The molecule has 164 valence electrons. The summed E-state index contributed by atoms with van der Waals surface area (Å²) in [5.41, 5.74) is 2.99. The van der Waals surface area contributed by atoms with Crippen LogP contribution in [0.2, 0.25) is 0 Å². The second-order valence-electron chi connectivity index (χ2n) is 7.60. The third-order valence-electron chi connectivity index (χ3n) is 5.23. The van der Waals surface area contributed by atoms with Crippen LogP contribution in [0.15, 0.2) is 42.6 Å². The van der Waals surface area contributed by atoms with Gasteiger partial charge in [0, 0.05) is 36.3 Å². The van der Waals surface area contributed by atoms with E-state index in [0.717, 1.165) is 30.5 Å². The van der Waals surface area contributed by atoms with E-state index in [2.05, 4.69) is 24.8 Å². The molecule has 0 spiro atoms. The van der Waals surface area contributed by atoms with Gasteiger partial charge in [-0.1, -0.05) is 6.07 Å². The first kappa shape index (κ1) is 20.1. The monoisotopic (exact) mass is 439 g/mol.